The van der Waals surface area contributed by atoms with Crippen molar-refractivity contribution >= 4 is 16.8 Å². The Balaban J connectivity index is 1.71. The normalized spacial score (nSPS) is 15.9. The number of para-hydroxylation sites is 1. The summed E-state index contributed by atoms with van der Waals surface area (Å²) in [6, 6.07) is 15.2. The third kappa shape index (κ3) is 3.75. The second-order valence-electron chi connectivity index (χ2n) is 7.72. The van der Waals surface area contributed by atoms with E-state index in [9.17, 15) is 9.59 Å². The molecule has 148 valence electrons. The number of unbranched alkanes of at least 4 members (excludes halogenated alkanes) is 1. The minimum Gasteiger partial charge on any atom is -0.358 e. The molecule has 0 spiro atoms. The lowest BCUT2D eigenvalue weighted by molar-refractivity contribution is 0.0743. The van der Waals surface area contributed by atoms with E-state index in [1.165, 1.54) is 0 Å². The fourth-order valence-corrected chi connectivity index (χ4v) is 4.10. The van der Waals surface area contributed by atoms with E-state index in [4.69, 9.17) is 0 Å². The maximum atomic E-state index is 13.2. The summed E-state index contributed by atoms with van der Waals surface area (Å²) >= 11 is 0. The molecule has 1 atom stereocenters. The number of H-pyrrole nitrogens is 1. The maximum Gasteiger partial charge on any atom is 0.254 e. The first-order valence-electron chi connectivity index (χ1n) is 10.3. The van der Waals surface area contributed by atoms with Gasteiger partial charge >= 0.3 is 0 Å². The molecular formula is C25H26N2O2. The molecule has 1 aromatic heterocycles. The molecule has 4 rings (SSSR count). The van der Waals surface area contributed by atoms with Crippen molar-refractivity contribution in [2.24, 2.45) is 0 Å². The van der Waals surface area contributed by atoms with Crippen molar-refractivity contribution in [3.8, 4) is 11.1 Å². The van der Waals surface area contributed by atoms with Gasteiger partial charge in [0.1, 0.15) is 0 Å². The van der Waals surface area contributed by atoms with Gasteiger partial charge in [-0.3, -0.25) is 9.59 Å². The summed E-state index contributed by atoms with van der Waals surface area (Å²) in [7, 11) is 0. The van der Waals surface area contributed by atoms with Gasteiger partial charge < -0.3 is 9.88 Å². The Morgan fingerprint density at radius 2 is 2.00 bits per heavy atom. The summed E-state index contributed by atoms with van der Waals surface area (Å²) in [6.07, 6.45) is 7.47. The minimum absolute atomic E-state index is 0.00670. The van der Waals surface area contributed by atoms with Crippen LogP contribution < -0.4 is 5.43 Å². The Hall–Kier alpha value is -3.14. The van der Waals surface area contributed by atoms with Crippen LogP contribution in [-0.4, -0.2) is 28.4 Å². The SMILES string of the molecule is CCCC[C@@H]1C=CCN1C(=O)c1cccc(-c2cccc3c(=O)cc(C)[nH]c23)c1. The van der Waals surface area contributed by atoms with Gasteiger partial charge in [-0.1, -0.05) is 56.2 Å². The first-order valence-corrected chi connectivity index (χ1v) is 10.3. The van der Waals surface area contributed by atoms with Crippen LogP contribution >= 0.6 is 0 Å². The predicted molar refractivity (Wildman–Crippen MR) is 118 cm³/mol. The monoisotopic (exact) mass is 386 g/mol. The molecule has 4 nitrogen and oxygen atoms in total. The zero-order valence-electron chi connectivity index (χ0n) is 16.9. The highest BCUT2D eigenvalue weighted by atomic mass is 16.2. The number of aryl methyl sites for hydroxylation is 1. The third-order valence-electron chi connectivity index (χ3n) is 5.60. The first-order chi connectivity index (χ1) is 14.1. The van der Waals surface area contributed by atoms with E-state index in [-0.39, 0.29) is 17.4 Å². The van der Waals surface area contributed by atoms with Gasteiger partial charge in [0.05, 0.1) is 11.6 Å². The van der Waals surface area contributed by atoms with Gasteiger partial charge in [-0.25, -0.2) is 0 Å². The summed E-state index contributed by atoms with van der Waals surface area (Å²) in [6.45, 7) is 4.72. The fourth-order valence-electron chi connectivity index (χ4n) is 4.10. The number of pyridine rings is 1. The molecule has 1 amide bonds. The van der Waals surface area contributed by atoms with Gasteiger partial charge in [-0.2, -0.15) is 0 Å². The number of aromatic amines is 1. The van der Waals surface area contributed by atoms with Gasteiger partial charge in [-0.05, 0) is 37.1 Å². The largest absolute Gasteiger partial charge is 0.358 e. The second-order valence-corrected chi connectivity index (χ2v) is 7.72. The molecule has 0 unspecified atom stereocenters. The maximum absolute atomic E-state index is 13.2. The second kappa shape index (κ2) is 8.08. The van der Waals surface area contributed by atoms with E-state index in [1.54, 1.807) is 6.07 Å². The standard InChI is InChI=1S/C25H26N2O2/c1-3-4-10-20-11-7-14-27(20)25(29)19-9-5-8-18(16-19)21-12-6-13-22-23(28)15-17(2)26-24(21)22/h5-9,11-13,15-16,20H,3-4,10,14H2,1-2H3,(H,26,28)/t20-/m1/s1. The first kappa shape index (κ1) is 19.2. The van der Waals surface area contributed by atoms with Crippen LogP contribution in [-0.2, 0) is 0 Å². The van der Waals surface area contributed by atoms with Crippen molar-refractivity contribution in [3.63, 3.8) is 0 Å². The Kier molecular flexibility index (Phi) is 5.34. The van der Waals surface area contributed by atoms with Crippen molar-refractivity contribution in [1.82, 2.24) is 9.88 Å². The highest BCUT2D eigenvalue weighted by molar-refractivity contribution is 5.98. The summed E-state index contributed by atoms with van der Waals surface area (Å²) in [4.78, 5) is 30.8. The average molecular weight is 386 g/mol. The van der Waals surface area contributed by atoms with E-state index in [1.807, 2.05) is 54.3 Å². The number of aromatic nitrogens is 1. The number of benzene rings is 2. The molecule has 4 heteroatoms. The molecular weight excluding hydrogens is 360 g/mol. The minimum atomic E-state index is 0.00670. The van der Waals surface area contributed by atoms with E-state index in [0.717, 1.165) is 41.6 Å². The van der Waals surface area contributed by atoms with Crippen LogP contribution in [0.4, 0.5) is 0 Å². The molecule has 0 saturated carbocycles. The number of fused-ring (bicyclic) bond motifs is 1. The molecule has 1 aliphatic rings. The summed E-state index contributed by atoms with van der Waals surface area (Å²) in [5, 5.41) is 0.660. The van der Waals surface area contributed by atoms with E-state index in [2.05, 4.69) is 24.1 Å². The molecule has 0 aliphatic carbocycles. The van der Waals surface area contributed by atoms with Crippen molar-refractivity contribution in [3.05, 3.63) is 82.2 Å². The smallest absolute Gasteiger partial charge is 0.254 e. The van der Waals surface area contributed by atoms with Gasteiger partial charge in [0.15, 0.2) is 5.43 Å². The van der Waals surface area contributed by atoms with Crippen LogP contribution in [0.15, 0.2) is 65.5 Å². The van der Waals surface area contributed by atoms with E-state index >= 15 is 0 Å². The number of rotatable bonds is 5. The van der Waals surface area contributed by atoms with Crippen molar-refractivity contribution < 1.29 is 4.79 Å². The number of nitrogens with zero attached hydrogens (tertiary/aromatic N) is 1. The van der Waals surface area contributed by atoms with Crippen molar-refractivity contribution in [2.45, 2.75) is 39.2 Å². The Bertz CT molecular complexity index is 1140. The third-order valence-corrected chi connectivity index (χ3v) is 5.60. The van der Waals surface area contributed by atoms with Crippen LogP contribution in [0.5, 0.6) is 0 Å². The Morgan fingerprint density at radius 3 is 2.83 bits per heavy atom. The van der Waals surface area contributed by atoms with Crippen LogP contribution in [0.2, 0.25) is 0 Å². The highest BCUT2D eigenvalue weighted by Gasteiger charge is 2.25. The summed E-state index contributed by atoms with van der Waals surface area (Å²) < 4.78 is 0. The van der Waals surface area contributed by atoms with Crippen LogP contribution in [0.25, 0.3) is 22.0 Å². The lowest BCUT2D eigenvalue weighted by Gasteiger charge is -2.25. The summed E-state index contributed by atoms with van der Waals surface area (Å²) in [5.74, 6) is 0.0582. The van der Waals surface area contributed by atoms with E-state index in [0.29, 0.717) is 17.5 Å². The van der Waals surface area contributed by atoms with Crippen LogP contribution in [0, 0.1) is 6.92 Å². The Labute approximate surface area is 170 Å². The molecule has 1 aliphatic heterocycles. The predicted octanol–water partition coefficient (Wildman–Crippen LogP) is 5.07. The van der Waals surface area contributed by atoms with Crippen molar-refractivity contribution in [1.29, 1.82) is 0 Å². The molecule has 0 fully saturated rings. The average Bonchev–Trinajstić information content (AvgIpc) is 3.20. The lowest BCUT2D eigenvalue weighted by atomic mass is 9.99. The molecule has 29 heavy (non-hydrogen) atoms. The molecule has 0 saturated heterocycles. The lowest BCUT2D eigenvalue weighted by Crippen LogP contribution is -2.36. The number of hydrogen-bond acceptors (Lipinski definition) is 2. The summed E-state index contributed by atoms with van der Waals surface area (Å²) in [5.41, 5.74) is 4.18. The number of nitrogens with one attached hydrogen (secondary N) is 1. The molecule has 3 aromatic rings. The molecule has 1 N–H and O–H groups in total. The zero-order valence-corrected chi connectivity index (χ0v) is 16.9. The number of hydrogen-bond donors (Lipinski definition) is 1. The molecule has 2 aromatic carbocycles. The zero-order chi connectivity index (χ0) is 20.4. The van der Waals surface area contributed by atoms with E-state index < -0.39 is 0 Å². The van der Waals surface area contributed by atoms with Crippen LogP contribution in [0.1, 0.15) is 42.2 Å². The van der Waals surface area contributed by atoms with Gasteiger partial charge in [0.2, 0.25) is 0 Å². The van der Waals surface area contributed by atoms with Gasteiger partial charge in [0, 0.05) is 34.8 Å². The number of carbonyl (C=O) groups is 1. The molecule has 0 radical (unpaired) electrons. The number of carbonyl (C=O) groups excluding carboxylic acids is 1. The topological polar surface area (TPSA) is 53.2 Å². The molecule has 0 bridgehead atoms. The van der Waals surface area contributed by atoms with Gasteiger partial charge in [0.25, 0.3) is 5.91 Å². The quantitative estimate of drug-likeness (QED) is 0.622. The van der Waals surface area contributed by atoms with Gasteiger partial charge in [-0.15, -0.1) is 0 Å². The Morgan fingerprint density at radius 1 is 1.17 bits per heavy atom. The fraction of sp³-hybridized carbons (Fsp3) is 0.280. The van der Waals surface area contributed by atoms with Crippen LogP contribution in [0.3, 0.4) is 0 Å². The van der Waals surface area contributed by atoms with Crippen molar-refractivity contribution in [2.75, 3.05) is 6.54 Å². The highest BCUT2D eigenvalue weighted by Crippen LogP contribution is 2.28. The number of amides is 1. The molecule has 2 heterocycles.